The van der Waals surface area contributed by atoms with Gasteiger partial charge in [0.25, 0.3) is 0 Å². The lowest BCUT2D eigenvalue weighted by atomic mass is 9.82. The van der Waals surface area contributed by atoms with Gasteiger partial charge in [-0.05, 0) is 63.9 Å². The van der Waals surface area contributed by atoms with E-state index >= 15 is 0 Å². The smallest absolute Gasteiger partial charge is 0.00497 e. The van der Waals surface area contributed by atoms with Crippen molar-refractivity contribution in [2.45, 2.75) is 53.9 Å². The Kier molecular flexibility index (Phi) is 10.6. The van der Waals surface area contributed by atoms with Crippen LogP contribution in [-0.4, -0.2) is 55.6 Å². The molecule has 0 fully saturated rings. The second-order valence-corrected chi connectivity index (χ2v) is 5.66. The van der Waals surface area contributed by atoms with Gasteiger partial charge in [0.1, 0.15) is 0 Å². The van der Waals surface area contributed by atoms with Gasteiger partial charge >= 0.3 is 0 Å². The van der Waals surface area contributed by atoms with Gasteiger partial charge in [0.05, 0.1) is 0 Å². The topological polar surface area (TPSA) is 32.5 Å². The SMILES string of the molecule is CCN(CC)CCCN(CC)CC(CC)(CC)CN. The highest BCUT2D eigenvalue weighted by atomic mass is 15.1. The molecule has 0 aromatic carbocycles. The summed E-state index contributed by atoms with van der Waals surface area (Å²) in [6, 6.07) is 0. The summed E-state index contributed by atoms with van der Waals surface area (Å²) in [7, 11) is 0. The van der Waals surface area contributed by atoms with Crippen LogP contribution in [-0.2, 0) is 0 Å². The van der Waals surface area contributed by atoms with Crippen LogP contribution in [0.25, 0.3) is 0 Å². The largest absolute Gasteiger partial charge is 0.330 e. The Hall–Kier alpha value is -0.120. The average Bonchev–Trinajstić information content (AvgIpc) is 2.47. The van der Waals surface area contributed by atoms with E-state index in [1.165, 1.54) is 45.4 Å². The molecule has 116 valence electrons. The molecular weight excluding hydrogens is 234 g/mol. The van der Waals surface area contributed by atoms with E-state index in [-0.39, 0.29) is 0 Å². The van der Waals surface area contributed by atoms with Crippen LogP contribution in [0.2, 0.25) is 0 Å². The Morgan fingerprint density at radius 2 is 1.26 bits per heavy atom. The molecule has 0 saturated heterocycles. The van der Waals surface area contributed by atoms with Crippen LogP contribution in [0.15, 0.2) is 0 Å². The molecule has 0 aromatic heterocycles. The summed E-state index contributed by atoms with van der Waals surface area (Å²) < 4.78 is 0. The molecule has 0 amide bonds. The number of nitrogens with zero attached hydrogens (tertiary/aromatic N) is 2. The van der Waals surface area contributed by atoms with E-state index in [1.807, 2.05) is 0 Å². The quantitative estimate of drug-likeness (QED) is 0.592. The monoisotopic (exact) mass is 271 g/mol. The first-order chi connectivity index (χ1) is 9.11. The van der Waals surface area contributed by atoms with Crippen LogP contribution < -0.4 is 5.73 Å². The molecule has 0 aliphatic carbocycles. The molecule has 0 bridgehead atoms. The number of hydrogen-bond donors (Lipinski definition) is 1. The second-order valence-electron chi connectivity index (χ2n) is 5.66. The van der Waals surface area contributed by atoms with Crippen LogP contribution in [0.3, 0.4) is 0 Å². The van der Waals surface area contributed by atoms with E-state index in [9.17, 15) is 0 Å². The Morgan fingerprint density at radius 3 is 1.63 bits per heavy atom. The van der Waals surface area contributed by atoms with E-state index in [0.717, 1.165) is 19.6 Å². The predicted molar refractivity (Wildman–Crippen MR) is 86.6 cm³/mol. The van der Waals surface area contributed by atoms with Gasteiger partial charge in [0.2, 0.25) is 0 Å². The average molecular weight is 271 g/mol. The third-order valence-corrected chi connectivity index (χ3v) is 4.78. The summed E-state index contributed by atoms with van der Waals surface area (Å²) in [5.41, 5.74) is 6.34. The van der Waals surface area contributed by atoms with E-state index < -0.39 is 0 Å². The number of rotatable bonds is 12. The van der Waals surface area contributed by atoms with E-state index in [2.05, 4.69) is 44.4 Å². The molecule has 0 aliphatic heterocycles. The third kappa shape index (κ3) is 6.73. The molecule has 3 nitrogen and oxygen atoms in total. The van der Waals surface area contributed by atoms with Crippen molar-refractivity contribution in [3.63, 3.8) is 0 Å². The maximum Gasteiger partial charge on any atom is 0.00497 e. The Bertz CT molecular complexity index is 190. The van der Waals surface area contributed by atoms with Gasteiger partial charge in [-0.15, -0.1) is 0 Å². The fourth-order valence-electron chi connectivity index (χ4n) is 2.71. The molecule has 0 aromatic rings. The predicted octanol–water partition coefficient (Wildman–Crippen LogP) is 2.81. The zero-order valence-corrected chi connectivity index (χ0v) is 14.0. The van der Waals surface area contributed by atoms with Crippen LogP contribution >= 0.6 is 0 Å². The minimum absolute atomic E-state index is 0.325. The van der Waals surface area contributed by atoms with Crippen molar-refractivity contribution in [3.8, 4) is 0 Å². The van der Waals surface area contributed by atoms with Gasteiger partial charge < -0.3 is 15.5 Å². The molecule has 0 unspecified atom stereocenters. The molecule has 0 spiro atoms. The van der Waals surface area contributed by atoms with Gasteiger partial charge in [-0.25, -0.2) is 0 Å². The van der Waals surface area contributed by atoms with Gasteiger partial charge in [0.15, 0.2) is 0 Å². The van der Waals surface area contributed by atoms with Crippen LogP contribution in [0.4, 0.5) is 0 Å². The van der Waals surface area contributed by atoms with Crippen molar-refractivity contribution in [3.05, 3.63) is 0 Å². The number of nitrogens with two attached hydrogens (primary N) is 1. The lowest BCUT2D eigenvalue weighted by Crippen LogP contribution is -2.42. The van der Waals surface area contributed by atoms with E-state index in [0.29, 0.717) is 5.41 Å². The summed E-state index contributed by atoms with van der Waals surface area (Å²) in [4.78, 5) is 5.09. The van der Waals surface area contributed by atoms with Crippen LogP contribution in [0.1, 0.15) is 53.9 Å². The maximum atomic E-state index is 6.02. The van der Waals surface area contributed by atoms with Gasteiger partial charge in [-0.1, -0.05) is 34.6 Å². The van der Waals surface area contributed by atoms with Gasteiger partial charge in [-0.2, -0.15) is 0 Å². The van der Waals surface area contributed by atoms with Crippen molar-refractivity contribution >= 4 is 0 Å². The molecule has 2 N–H and O–H groups in total. The minimum Gasteiger partial charge on any atom is -0.330 e. The molecule has 0 radical (unpaired) electrons. The summed E-state index contributed by atoms with van der Waals surface area (Å²) in [5, 5.41) is 0. The molecule has 3 heteroatoms. The van der Waals surface area contributed by atoms with Crippen molar-refractivity contribution in [2.75, 3.05) is 45.8 Å². The fraction of sp³-hybridized carbons (Fsp3) is 1.00. The Morgan fingerprint density at radius 1 is 0.789 bits per heavy atom. The summed E-state index contributed by atoms with van der Waals surface area (Å²) in [5.74, 6) is 0. The standard InChI is InChI=1S/C16H37N3/c1-6-16(7-2,14-17)15-19(10-5)13-11-12-18(8-3)9-4/h6-15,17H2,1-5H3. The molecule has 0 atom stereocenters. The molecule has 0 aliphatic rings. The lowest BCUT2D eigenvalue weighted by Gasteiger charge is -2.36. The van der Waals surface area contributed by atoms with Gasteiger partial charge in [0, 0.05) is 6.54 Å². The first-order valence-electron chi connectivity index (χ1n) is 8.26. The zero-order valence-electron chi connectivity index (χ0n) is 14.0. The Balaban J connectivity index is 4.20. The lowest BCUT2D eigenvalue weighted by molar-refractivity contribution is 0.142. The number of hydrogen-bond acceptors (Lipinski definition) is 3. The van der Waals surface area contributed by atoms with Crippen molar-refractivity contribution in [1.29, 1.82) is 0 Å². The first-order valence-corrected chi connectivity index (χ1v) is 8.26. The van der Waals surface area contributed by atoms with Crippen molar-refractivity contribution < 1.29 is 0 Å². The molecule has 0 saturated carbocycles. The molecule has 0 heterocycles. The third-order valence-electron chi connectivity index (χ3n) is 4.78. The first kappa shape index (κ1) is 18.9. The maximum absolute atomic E-state index is 6.02. The molecule has 0 rings (SSSR count). The summed E-state index contributed by atoms with van der Waals surface area (Å²) in [6.45, 7) is 19.2. The van der Waals surface area contributed by atoms with E-state index in [4.69, 9.17) is 5.73 Å². The normalized spacial score (nSPS) is 12.6. The molecular formula is C16H37N3. The van der Waals surface area contributed by atoms with Crippen LogP contribution in [0, 0.1) is 5.41 Å². The highest BCUT2D eigenvalue weighted by molar-refractivity contribution is 4.81. The van der Waals surface area contributed by atoms with Crippen LogP contribution in [0.5, 0.6) is 0 Å². The van der Waals surface area contributed by atoms with Crippen molar-refractivity contribution in [2.24, 2.45) is 11.1 Å². The highest BCUT2D eigenvalue weighted by Gasteiger charge is 2.26. The van der Waals surface area contributed by atoms with Gasteiger partial charge in [-0.3, -0.25) is 0 Å². The fourth-order valence-corrected chi connectivity index (χ4v) is 2.71. The molecule has 19 heavy (non-hydrogen) atoms. The summed E-state index contributed by atoms with van der Waals surface area (Å²) >= 11 is 0. The Labute approximate surface area is 121 Å². The second kappa shape index (κ2) is 10.6. The van der Waals surface area contributed by atoms with Crippen molar-refractivity contribution in [1.82, 2.24) is 9.80 Å². The zero-order chi connectivity index (χ0) is 14.7. The van der Waals surface area contributed by atoms with E-state index in [1.54, 1.807) is 0 Å². The minimum atomic E-state index is 0.325. The highest BCUT2D eigenvalue weighted by Crippen LogP contribution is 2.26. The summed E-state index contributed by atoms with van der Waals surface area (Å²) in [6.07, 6.45) is 3.64.